The van der Waals surface area contributed by atoms with E-state index in [-0.39, 0.29) is 28.0 Å². The highest BCUT2D eigenvalue weighted by Gasteiger charge is 2.33. The fourth-order valence-corrected chi connectivity index (χ4v) is 2.70. The maximum Gasteiger partial charge on any atom is 0.221 e. The van der Waals surface area contributed by atoms with Crippen LogP contribution in [0.5, 0.6) is 0 Å². The molecule has 0 fully saturated rings. The molecule has 7 heteroatoms. The molecule has 112 valence electrons. The van der Waals surface area contributed by atoms with Crippen molar-refractivity contribution in [2.24, 2.45) is 0 Å². The van der Waals surface area contributed by atoms with E-state index in [2.05, 4.69) is 10.6 Å². The first-order valence-corrected chi connectivity index (χ1v) is 6.78. The lowest BCUT2D eigenvalue weighted by molar-refractivity contribution is -0.119. The molecule has 2 amide bonds. The maximum atomic E-state index is 13.8. The average Bonchev–Trinajstić information content (AvgIpc) is 2.37. The molecular weight excluding hydrogens is 299 g/mol. The van der Waals surface area contributed by atoms with Crippen LogP contribution in [-0.4, -0.2) is 23.6 Å². The van der Waals surface area contributed by atoms with Gasteiger partial charge in [0.2, 0.25) is 11.8 Å². The molecule has 0 aromatic heterocycles. The summed E-state index contributed by atoms with van der Waals surface area (Å²) in [4.78, 5) is 34.8. The summed E-state index contributed by atoms with van der Waals surface area (Å²) >= 11 is 5.91. The quantitative estimate of drug-likeness (QED) is 0.878. The Labute approximate surface area is 125 Å². The van der Waals surface area contributed by atoms with Crippen LogP contribution in [0, 0.1) is 5.82 Å². The first kappa shape index (κ1) is 15.4. The summed E-state index contributed by atoms with van der Waals surface area (Å²) in [5, 5.41) is 4.87. The average molecular weight is 313 g/mol. The molecule has 21 heavy (non-hydrogen) atoms. The lowest BCUT2D eigenvalue weighted by atomic mass is 9.85. The minimum absolute atomic E-state index is 0.0828. The molecule has 1 atom stereocenters. The number of rotatable bonds is 2. The highest BCUT2D eigenvalue weighted by atomic mass is 35.5. The number of benzene rings is 1. The second kappa shape index (κ2) is 5.81. The number of amides is 2. The highest BCUT2D eigenvalue weighted by Crippen LogP contribution is 2.35. The van der Waals surface area contributed by atoms with Gasteiger partial charge in [-0.2, -0.15) is 0 Å². The fraction of sp³-hybridized carbons (Fsp3) is 0.357. The minimum atomic E-state index is -0.691. The fourth-order valence-electron chi connectivity index (χ4n) is 2.46. The van der Waals surface area contributed by atoms with Crippen molar-refractivity contribution in [2.45, 2.75) is 32.7 Å². The molecule has 0 bridgehead atoms. The molecular formula is C14H14ClFN2O3. The second-order valence-corrected chi connectivity index (χ2v) is 5.29. The SMILES string of the molecule is CC(=O)Nc1cc(F)c(Cl)c2c1C(=O)C(NC(C)=O)CC2. The number of carbonyl (C=O) groups excluding carboxylic acids is 3. The molecule has 0 saturated heterocycles. The van der Waals surface area contributed by atoms with Crippen molar-refractivity contribution >= 4 is 34.9 Å². The van der Waals surface area contributed by atoms with Gasteiger partial charge in [0, 0.05) is 19.4 Å². The van der Waals surface area contributed by atoms with Crippen molar-refractivity contribution < 1.29 is 18.8 Å². The van der Waals surface area contributed by atoms with E-state index < -0.39 is 17.8 Å². The Morgan fingerprint density at radius 2 is 2.00 bits per heavy atom. The predicted octanol–water partition coefficient (Wildman–Crippen LogP) is 2.07. The Balaban J connectivity index is 2.53. The second-order valence-electron chi connectivity index (χ2n) is 4.91. The number of halogens is 2. The Hall–Kier alpha value is -1.95. The van der Waals surface area contributed by atoms with Crippen molar-refractivity contribution in [2.75, 3.05) is 5.32 Å². The number of carbonyl (C=O) groups is 3. The first-order valence-electron chi connectivity index (χ1n) is 6.41. The van der Waals surface area contributed by atoms with Gasteiger partial charge in [-0.1, -0.05) is 11.6 Å². The number of anilines is 1. The van der Waals surface area contributed by atoms with Crippen molar-refractivity contribution in [3.05, 3.63) is 28.0 Å². The molecule has 0 saturated carbocycles. The van der Waals surface area contributed by atoms with Crippen LogP contribution in [0.4, 0.5) is 10.1 Å². The van der Waals surface area contributed by atoms with Gasteiger partial charge in [-0.15, -0.1) is 0 Å². The van der Waals surface area contributed by atoms with E-state index in [1.807, 2.05) is 0 Å². The number of ketones is 1. The topological polar surface area (TPSA) is 75.3 Å². The first-order chi connectivity index (χ1) is 9.81. The zero-order valence-corrected chi connectivity index (χ0v) is 12.3. The van der Waals surface area contributed by atoms with E-state index in [0.717, 1.165) is 6.07 Å². The van der Waals surface area contributed by atoms with Crippen molar-refractivity contribution in [1.29, 1.82) is 0 Å². The van der Waals surface area contributed by atoms with Crippen molar-refractivity contribution in [1.82, 2.24) is 5.32 Å². The van der Waals surface area contributed by atoms with E-state index in [4.69, 9.17) is 11.6 Å². The smallest absolute Gasteiger partial charge is 0.221 e. The molecule has 1 aliphatic carbocycles. The predicted molar refractivity (Wildman–Crippen MR) is 76.0 cm³/mol. The van der Waals surface area contributed by atoms with Crippen molar-refractivity contribution in [3.8, 4) is 0 Å². The van der Waals surface area contributed by atoms with Crippen LogP contribution in [0.15, 0.2) is 6.07 Å². The van der Waals surface area contributed by atoms with Gasteiger partial charge in [0.15, 0.2) is 5.78 Å². The van der Waals surface area contributed by atoms with Crippen LogP contribution in [0.25, 0.3) is 0 Å². The summed E-state index contributed by atoms with van der Waals surface area (Å²) in [6.07, 6.45) is 0.684. The van der Waals surface area contributed by atoms with E-state index in [9.17, 15) is 18.8 Å². The monoisotopic (exact) mass is 312 g/mol. The Bertz CT molecular complexity index is 646. The van der Waals surface area contributed by atoms with Crippen LogP contribution in [0.1, 0.15) is 36.2 Å². The standard InChI is InChI=1S/C14H14ClFN2O3/c1-6(19)17-10-4-3-8-12(14(10)21)11(18-7(2)20)5-9(16)13(8)15/h5,10H,3-4H2,1-2H3,(H,17,19)(H,18,20). The third-order valence-electron chi connectivity index (χ3n) is 3.25. The van der Waals surface area contributed by atoms with Gasteiger partial charge >= 0.3 is 0 Å². The van der Waals surface area contributed by atoms with Gasteiger partial charge in [-0.3, -0.25) is 14.4 Å². The van der Waals surface area contributed by atoms with Gasteiger partial charge in [-0.25, -0.2) is 4.39 Å². The van der Waals surface area contributed by atoms with E-state index >= 15 is 0 Å². The van der Waals surface area contributed by atoms with E-state index in [0.29, 0.717) is 18.4 Å². The Morgan fingerprint density at radius 3 is 2.57 bits per heavy atom. The zero-order valence-electron chi connectivity index (χ0n) is 11.5. The van der Waals surface area contributed by atoms with Crippen molar-refractivity contribution in [3.63, 3.8) is 0 Å². The minimum Gasteiger partial charge on any atom is -0.346 e. The molecule has 0 aliphatic heterocycles. The third-order valence-corrected chi connectivity index (χ3v) is 3.66. The number of hydrogen-bond donors (Lipinski definition) is 2. The molecule has 2 rings (SSSR count). The van der Waals surface area contributed by atoms with Crippen LogP contribution in [-0.2, 0) is 16.0 Å². The van der Waals surface area contributed by atoms with Gasteiger partial charge < -0.3 is 10.6 Å². The summed E-state index contributed by atoms with van der Waals surface area (Å²) < 4.78 is 13.8. The third kappa shape index (κ3) is 3.05. The van der Waals surface area contributed by atoms with Crippen LogP contribution >= 0.6 is 11.6 Å². The molecule has 1 aromatic rings. The molecule has 2 N–H and O–H groups in total. The van der Waals surface area contributed by atoms with Crippen LogP contribution < -0.4 is 10.6 Å². The van der Waals surface area contributed by atoms with Gasteiger partial charge in [-0.05, 0) is 24.5 Å². The van der Waals surface area contributed by atoms with E-state index in [1.165, 1.54) is 13.8 Å². The molecule has 0 heterocycles. The Kier molecular flexibility index (Phi) is 4.27. The largest absolute Gasteiger partial charge is 0.346 e. The van der Waals surface area contributed by atoms with Gasteiger partial charge in [0.05, 0.1) is 16.8 Å². The number of hydrogen-bond acceptors (Lipinski definition) is 3. The molecule has 1 aromatic carbocycles. The lowest BCUT2D eigenvalue weighted by Crippen LogP contribution is -2.43. The summed E-state index contributed by atoms with van der Waals surface area (Å²) in [6.45, 7) is 2.58. The summed E-state index contributed by atoms with van der Waals surface area (Å²) in [6, 6.07) is 0.334. The Morgan fingerprint density at radius 1 is 1.33 bits per heavy atom. The highest BCUT2D eigenvalue weighted by molar-refractivity contribution is 6.32. The number of nitrogens with one attached hydrogen (secondary N) is 2. The van der Waals surface area contributed by atoms with E-state index in [1.54, 1.807) is 0 Å². The molecule has 0 radical (unpaired) electrons. The van der Waals surface area contributed by atoms with Crippen LogP contribution in [0.2, 0.25) is 5.02 Å². The number of Topliss-reactive ketones (excluding diaryl/α,β-unsaturated/α-hetero) is 1. The molecule has 1 unspecified atom stereocenters. The molecule has 5 nitrogen and oxygen atoms in total. The lowest BCUT2D eigenvalue weighted by Gasteiger charge is -2.26. The van der Waals surface area contributed by atoms with Crippen LogP contribution in [0.3, 0.4) is 0 Å². The summed E-state index contributed by atoms with van der Waals surface area (Å²) in [7, 11) is 0. The molecule has 1 aliphatic rings. The molecule has 0 spiro atoms. The van der Waals surface area contributed by atoms with Gasteiger partial charge in [0.1, 0.15) is 5.82 Å². The normalized spacial score (nSPS) is 17.1. The summed E-state index contributed by atoms with van der Waals surface area (Å²) in [5.74, 6) is -1.82. The van der Waals surface area contributed by atoms with Gasteiger partial charge in [0.25, 0.3) is 0 Å². The number of fused-ring (bicyclic) bond motifs is 1. The maximum absolute atomic E-state index is 13.8. The summed E-state index contributed by atoms with van der Waals surface area (Å²) in [5.41, 5.74) is 0.619. The zero-order chi connectivity index (χ0) is 15.7.